The molecule has 21 heavy (non-hydrogen) atoms. The minimum atomic E-state index is 0.557. The lowest BCUT2D eigenvalue weighted by Crippen LogP contribution is -2.41. The van der Waals surface area contributed by atoms with Crippen molar-refractivity contribution in [3.8, 4) is 0 Å². The van der Waals surface area contributed by atoms with Gasteiger partial charge in [0.2, 0.25) is 0 Å². The van der Waals surface area contributed by atoms with Crippen LogP contribution in [-0.4, -0.2) is 30.6 Å². The van der Waals surface area contributed by atoms with E-state index in [1.165, 1.54) is 62.0 Å². The number of piperidine rings is 1. The van der Waals surface area contributed by atoms with Crippen LogP contribution in [0.3, 0.4) is 0 Å². The summed E-state index contributed by atoms with van der Waals surface area (Å²) < 4.78 is 0. The van der Waals surface area contributed by atoms with E-state index in [1.54, 1.807) is 0 Å². The van der Waals surface area contributed by atoms with Crippen LogP contribution in [-0.2, 0) is 0 Å². The van der Waals surface area contributed by atoms with Crippen LogP contribution in [0.2, 0.25) is 0 Å². The Bertz CT molecular complexity index is 448. The Hall–Kier alpha value is -0.860. The van der Waals surface area contributed by atoms with Gasteiger partial charge in [-0.05, 0) is 77.6 Å². The third-order valence-corrected chi connectivity index (χ3v) is 5.52. The first-order chi connectivity index (χ1) is 10.1. The minimum Gasteiger partial charge on any atom is -0.314 e. The highest BCUT2D eigenvalue weighted by Gasteiger charge is 2.30. The molecule has 1 aromatic carbocycles. The summed E-state index contributed by atoms with van der Waals surface area (Å²) in [5.41, 5.74) is 4.27. The van der Waals surface area contributed by atoms with Crippen molar-refractivity contribution in [3.05, 3.63) is 34.9 Å². The van der Waals surface area contributed by atoms with Crippen LogP contribution < -0.4 is 5.32 Å². The van der Waals surface area contributed by atoms with Gasteiger partial charge in [-0.25, -0.2) is 0 Å². The molecule has 1 N–H and O–H groups in total. The van der Waals surface area contributed by atoms with Gasteiger partial charge in [0.1, 0.15) is 0 Å². The predicted molar refractivity (Wildman–Crippen MR) is 89.7 cm³/mol. The Morgan fingerprint density at radius 1 is 1.05 bits per heavy atom. The molecule has 2 fully saturated rings. The molecular weight excluding hydrogens is 256 g/mol. The van der Waals surface area contributed by atoms with Crippen LogP contribution in [0.5, 0.6) is 0 Å². The van der Waals surface area contributed by atoms with Gasteiger partial charge in [0.15, 0.2) is 0 Å². The Balaban J connectivity index is 1.60. The molecule has 2 saturated heterocycles. The minimum absolute atomic E-state index is 0.557. The number of hydrogen-bond acceptors (Lipinski definition) is 2. The number of likely N-dealkylation sites (tertiary alicyclic amines) is 1. The highest BCUT2D eigenvalue weighted by atomic mass is 15.2. The number of benzene rings is 1. The molecule has 3 rings (SSSR count). The molecule has 0 aromatic heterocycles. The average Bonchev–Trinajstić information content (AvgIpc) is 3.00. The summed E-state index contributed by atoms with van der Waals surface area (Å²) in [4.78, 5) is 2.68. The normalized spacial score (nSPS) is 26.1. The van der Waals surface area contributed by atoms with Crippen molar-refractivity contribution in [1.82, 2.24) is 10.2 Å². The monoisotopic (exact) mass is 286 g/mol. The SMILES string of the molecule is Cc1cc(C)cc(C(C)N2CCC(C3CCCN3)CC2)c1. The lowest BCUT2D eigenvalue weighted by atomic mass is 9.87. The molecule has 2 heterocycles. The highest BCUT2D eigenvalue weighted by molar-refractivity contribution is 5.30. The zero-order chi connectivity index (χ0) is 14.8. The van der Waals surface area contributed by atoms with E-state index in [0.29, 0.717) is 6.04 Å². The van der Waals surface area contributed by atoms with E-state index in [0.717, 1.165) is 12.0 Å². The number of nitrogens with one attached hydrogen (secondary N) is 1. The first-order valence-corrected chi connectivity index (χ1v) is 8.69. The molecule has 0 saturated carbocycles. The van der Waals surface area contributed by atoms with Crippen molar-refractivity contribution in [2.75, 3.05) is 19.6 Å². The van der Waals surface area contributed by atoms with Crippen molar-refractivity contribution < 1.29 is 0 Å². The van der Waals surface area contributed by atoms with E-state index < -0.39 is 0 Å². The number of rotatable bonds is 3. The van der Waals surface area contributed by atoms with Crippen LogP contribution in [0.4, 0.5) is 0 Å². The number of nitrogens with zero attached hydrogens (tertiary/aromatic N) is 1. The summed E-state index contributed by atoms with van der Waals surface area (Å²) in [5.74, 6) is 0.912. The largest absolute Gasteiger partial charge is 0.314 e. The van der Waals surface area contributed by atoms with E-state index in [2.05, 4.69) is 49.2 Å². The van der Waals surface area contributed by atoms with Gasteiger partial charge in [-0.3, -0.25) is 4.90 Å². The summed E-state index contributed by atoms with van der Waals surface area (Å²) in [6.45, 7) is 10.6. The van der Waals surface area contributed by atoms with Crippen LogP contribution in [0.25, 0.3) is 0 Å². The molecule has 2 aliphatic heterocycles. The maximum Gasteiger partial charge on any atom is 0.0320 e. The molecule has 0 radical (unpaired) electrons. The van der Waals surface area contributed by atoms with E-state index in [1.807, 2.05) is 0 Å². The fourth-order valence-corrected chi connectivity index (χ4v) is 4.28. The molecule has 2 heteroatoms. The summed E-state index contributed by atoms with van der Waals surface area (Å²) in [5, 5.41) is 3.70. The lowest BCUT2D eigenvalue weighted by Gasteiger charge is -2.38. The molecule has 1 aromatic rings. The van der Waals surface area contributed by atoms with E-state index in [9.17, 15) is 0 Å². The van der Waals surface area contributed by atoms with Gasteiger partial charge in [-0.1, -0.05) is 29.3 Å². The van der Waals surface area contributed by atoms with Gasteiger partial charge in [-0.15, -0.1) is 0 Å². The fraction of sp³-hybridized carbons (Fsp3) is 0.684. The van der Waals surface area contributed by atoms with Gasteiger partial charge in [0, 0.05) is 12.1 Å². The van der Waals surface area contributed by atoms with Crippen LogP contribution >= 0.6 is 0 Å². The van der Waals surface area contributed by atoms with Crippen LogP contribution in [0.15, 0.2) is 18.2 Å². The second kappa shape index (κ2) is 6.50. The van der Waals surface area contributed by atoms with Crippen molar-refractivity contribution in [1.29, 1.82) is 0 Å². The standard InChI is InChI=1S/C19H30N2/c1-14-11-15(2)13-18(12-14)16(3)21-9-6-17(7-10-21)19-5-4-8-20-19/h11-13,16-17,19-20H,4-10H2,1-3H3. The zero-order valence-corrected chi connectivity index (χ0v) is 13.9. The molecule has 2 unspecified atom stereocenters. The van der Waals surface area contributed by atoms with Crippen molar-refractivity contribution in [2.24, 2.45) is 5.92 Å². The molecule has 116 valence electrons. The first-order valence-electron chi connectivity index (χ1n) is 8.69. The molecular formula is C19H30N2. The third kappa shape index (κ3) is 3.49. The predicted octanol–water partition coefficient (Wildman–Crippen LogP) is 3.83. The first kappa shape index (κ1) is 15.1. The molecule has 0 bridgehead atoms. The number of aryl methyl sites for hydroxylation is 2. The third-order valence-electron chi connectivity index (χ3n) is 5.52. The summed E-state index contributed by atoms with van der Waals surface area (Å²) in [6.07, 6.45) is 5.51. The van der Waals surface area contributed by atoms with E-state index in [4.69, 9.17) is 0 Å². The second-order valence-corrected chi connectivity index (χ2v) is 7.17. The lowest BCUT2D eigenvalue weighted by molar-refractivity contribution is 0.126. The quantitative estimate of drug-likeness (QED) is 0.908. The molecule has 2 aliphatic rings. The Kier molecular flexibility index (Phi) is 4.66. The molecule has 2 nitrogen and oxygen atoms in total. The number of hydrogen-bond donors (Lipinski definition) is 1. The van der Waals surface area contributed by atoms with Crippen molar-refractivity contribution in [2.45, 2.75) is 58.5 Å². The van der Waals surface area contributed by atoms with Gasteiger partial charge >= 0.3 is 0 Å². The Labute approximate surface area is 129 Å². The molecule has 0 spiro atoms. The van der Waals surface area contributed by atoms with Crippen molar-refractivity contribution >= 4 is 0 Å². The van der Waals surface area contributed by atoms with E-state index >= 15 is 0 Å². The molecule has 0 aliphatic carbocycles. The van der Waals surface area contributed by atoms with Gasteiger partial charge in [0.05, 0.1) is 0 Å². The maximum atomic E-state index is 3.70. The van der Waals surface area contributed by atoms with Crippen molar-refractivity contribution in [3.63, 3.8) is 0 Å². The fourth-order valence-electron chi connectivity index (χ4n) is 4.28. The Morgan fingerprint density at radius 3 is 2.29 bits per heavy atom. The zero-order valence-electron chi connectivity index (χ0n) is 13.9. The Morgan fingerprint density at radius 2 is 1.71 bits per heavy atom. The van der Waals surface area contributed by atoms with Crippen LogP contribution in [0, 0.1) is 19.8 Å². The maximum absolute atomic E-state index is 3.70. The molecule has 0 amide bonds. The topological polar surface area (TPSA) is 15.3 Å². The molecule has 2 atom stereocenters. The summed E-state index contributed by atoms with van der Waals surface area (Å²) >= 11 is 0. The summed E-state index contributed by atoms with van der Waals surface area (Å²) in [6, 6.07) is 8.36. The van der Waals surface area contributed by atoms with Gasteiger partial charge in [0.25, 0.3) is 0 Å². The average molecular weight is 286 g/mol. The second-order valence-electron chi connectivity index (χ2n) is 7.17. The highest BCUT2D eigenvalue weighted by Crippen LogP contribution is 2.30. The van der Waals surface area contributed by atoms with Crippen LogP contribution in [0.1, 0.15) is 55.3 Å². The summed E-state index contributed by atoms with van der Waals surface area (Å²) in [7, 11) is 0. The van der Waals surface area contributed by atoms with Gasteiger partial charge in [-0.2, -0.15) is 0 Å². The van der Waals surface area contributed by atoms with Gasteiger partial charge < -0.3 is 5.32 Å². The smallest absolute Gasteiger partial charge is 0.0320 e. The van der Waals surface area contributed by atoms with E-state index in [-0.39, 0.29) is 0 Å².